The molecular weight excluding hydrogens is 302 g/mol. The minimum Gasteiger partial charge on any atom is -0.494 e. The van der Waals surface area contributed by atoms with Crippen molar-refractivity contribution in [2.75, 3.05) is 18.5 Å². The van der Waals surface area contributed by atoms with Crippen molar-refractivity contribution in [2.24, 2.45) is 0 Å². The summed E-state index contributed by atoms with van der Waals surface area (Å²) in [5.41, 5.74) is 1.73. The molecular formula is C19H23N3O2. The van der Waals surface area contributed by atoms with Crippen molar-refractivity contribution in [3.63, 3.8) is 0 Å². The summed E-state index contributed by atoms with van der Waals surface area (Å²) >= 11 is 0. The molecule has 1 saturated heterocycles. The van der Waals surface area contributed by atoms with E-state index < -0.39 is 0 Å². The standard InChI is InChI=1S/C19H23N3O2/c1-2-24-16-11-9-15(10-12-16)21-19(23)22-14-6-4-8-18(22)17-7-3-5-13-20-17/h3,5,7,9-13,18H,2,4,6,8,14H2,1H3,(H,21,23). The molecule has 1 unspecified atom stereocenters. The lowest BCUT2D eigenvalue weighted by atomic mass is 9.99. The molecule has 0 spiro atoms. The van der Waals surface area contributed by atoms with Crippen LogP contribution in [0.1, 0.15) is 37.9 Å². The van der Waals surface area contributed by atoms with Gasteiger partial charge in [0, 0.05) is 18.4 Å². The second kappa shape index (κ2) is 7.81. The SMILES string of the molecule is CCOc1ccc(NC(=O)N2CCCCC2c2ccccn2)cc1. The second-order valence-electron chi connectivity index (χ2n) is 5.85. The number of ether oxygens (including phenoxy) is 1. The molecule has 2 aromatic rings. The third-order valence-corrected chi connectivity index (χ3v) is 4.21. The van der Waals surface area contributed by atoms with Gasteiger partial charge in [-0.25, -0.2) is 4.79 Å². The second-order valence-corrected chi connectivity index (χ2v) is 5.85. The molecule has 5 heteroatoms. The highest BCUT2D eigenvalue weighted by molar-refractivity contribution is 5.89. The zero-order chi connectivity index (χ0) is 16.8. The Hall–Kier alpha value is -2.56. The molecule has 1 aliphatic heterocycles. The van der Waals surface area contributed by atoms with Crippen LogP contribution in [-0.4, -0.2) is 29.1 Å². The third-order valence-electron chi connectivity index (χ3n) is 4.21. The third kappa shape index (κ3) is 3.85. The maximum absolute atomic E-state index is 12.7. The van der Waals surface area contributed by atoms with E-state index in [1.54, 1.807) is 6.20 Å². The van der Waals surface area contributed by atoms with Crippen LogP contribution in [0.5, 0.6) is 5.75 Å². The fourth-order valence-corrected chi connectivity index (χ4v) is 3.05. The van der Waals surface area contributed by atoms with Crippen molar-refractivity contribution < 1.29 is 9.53 Å². The molecule has 1 aliphatic rings. The number of anilines is 1. The molecule has 1 aromatic carbocycles. The zero-order valence-corrected chi connectivity index (χ0v) is 13.9. The van der Waals surface area contributed by atoms with Crippen molar-refractivity contribution in [2.45, 2.75) is 32.2 Å². The van der Waals surface area contributed by atoms with Gasteiger partial charge >= 0.3 is 6.03 Å². The van der Waals surface area contributed by atoms with Gasteiger partial charge in [0.2, 0.25) is 0 Å². The normalized spacial score (nSPS) is 17.4. The molecule has 0 radical (unpaired) electrons. The molecule has 1 atom stereocenters. The summed E-state index contributed by atoms with van der Waals surface area (Å²) < 4.78 is 5.43. The van der Waals surface area contributed by atoms with E-state index in [4.69, 9.17) is 4.74 Å². The van der Waals surface area contributed by atoms with Crippen molar-refractivity contribution in [1.29, 1.82) is 0 Å². The molecule has 1 N–H and O–H groups in total. The first-order valence-electron chi connectivity index (χ1n) is 8.49. The first kappa shape index (κ1) is 16.3. The van der Waals surface area contributed by atoms with Crippen molar-refractivity contribution in [3.8, 4) is 5.75 Å². The summed E-state index contributed by atoms with van der Waals surface area (Å²) in [6, 6.07) is 13.3. The quantitative estimate of drug-likeness (QED) is 0.915. The van der Waals surface area contributed by atoms with E-state index in [0.717, 1.165) is 42.9 Å². The summed E-state index contributed by atoms with van der Waals surface area (Å²) in [4.78, 5) is 19.0. The number of carbonyl (C=O) groups is 1. The average molecular weight is 325 g/mol. The van der Waals surface area contributed by atoms with Gasteiger partial charge < -0.3 is 15.0 Å². The van der Waals surface area contributed by atoms with Gasteiger partial charge in [-0.1, -0.05) is 6.07 Å². The molecule has 1 aromatic heterocycles. The Balaban J connectivity index is 1.70. The fraction of sp³-hybridized carbons (Fsp3) is 0.368. The highest BCUT2D eigenvalue weighted by Crippen LogP contribution is 2.30. The Morgan fingerprint density at radius 2 is 2.08 bits per heavy atom. The van der Waals surface area contributed by atoms with Crippen LogP contribution in [-0.2, 0) is 0 Å². The summed E-state index contributed by atoms with van der Waals surface area (Å²) in [5.74, 6) is 0.805. The number of hydrogen-bond donors (Lipinski definition) is 1. The number of carbonyl (C=O) groups excluding carboxylic acids is 1. The predicted octanol–water partition coefficient (Wildman–Crippen LogP) is 4.24. The fourth-order valence-electron chi connectivity index (χ4n) is 3.05. The number of benzene rings is 1. The summed E-state index contributed by atoms with van der Waals surface area (Å²) in [5, 5.41) is 2.98. The Morgan fingerprint density at radius 1 is 1.25 bits per heavy atom. The van der Waals surface area contributed by atoms with E-state index >= 15 is 0 Å². The smallest absolute Gasteiger partial charge is 0.322 e. The number of pyridine rings is 1. The lowest BCUT2D eigenvalue weighted by Gasteiger charge is -2.35. The lowest BCUT2D eigenvalue weighted by molar-refractivity contribution is 0.161. The van der Waals surface area contributed by atoms with Crippen LogP contribution in [0.15, 0.2) is 48.7 Å². The van der Waals surface area contributed by atoms with Crippen molar-refractivity contribution in [3.05, 3.63) is 54.4 Å². The van der Waals surface area contributed by atoms with Crippen LogP contribution in [0.3, 0.4) is 0 Å². The lowest BCUT2D eigenvalue weighted by Crippen LogP contribution is -2.41. The highest BCUT2D eigenvalue weighted by atomic mass is 16.5. The molecule has 2 heterocycles. The van der Waals surface area contributed by atoms with Gasteiger partial charge in [-0.2, -0.15) is 0 Å². The van der Waals surface area contributed by atoms with E-state index in [0.29, 0.717) is 6.61 Å². The summed E-state index contributed by atoms with van der Waals surface area (Å²) in [6.45, 7) is 3.33. The van der Waals surface area contributed by atoms with Crippen molar-refractivity contribution >= 4 is 11.7 Å². The van der Waals surface area contributed by atoms with Gasteiger partial charge in [0.1, 0.15) is 5.75 Å². The van der Waals surface area contributed by atoms with Crippen molar-refractivity contribution in [1.82, 2.24) is 9.88 Å². The molecule has 3 rings (SSSR count). The van der Waals surface area contributed by atoms with E-state index in [1.165, 1.54) is 0 Å². The monoisotopic (exact) mass is 325 g/mol. The van der Waals surface area contributed by atoms with E-state index in [9.17, 15) is 4.79 Å². The van der Waals surface area contributed by atoms with E-state index in [2.05, 4.69) is 10.3 Å². The molecule has 2 amide bonds. The van der Waals surface area contributed by atoms with Crippen LogP contribution >= 0.6 is 0 Å². The van der Waals surface area contributed by atoms with Crippen LogP contribution in [0.25, 0.3) is 0 Å². The van der Waals surface area contributed by atoms with Gasteiger partial charge in [0.15, 0.2) is 0 Å². The number of amides is 2. The Morgan fingerprint density at radius 3 is 2.79 bits per heavy atom. The van der Waals surface area contributed by atoms with Crippen LogP contribution in [0, 0.1) is 0 Å². The number of nitrogens with zero attached hydrogens (tertiary/aromatic N) is 2. The first-order chi connectivity index (χ1) is 11.8. The van der Waals surface area contributed by atoms with Crippen LogP contribution in [0.2, 0.25) is 0 Å². The Labute approximate surface area is 142 Å². The molecule has 126 valence electrons. The maximum atomic E-state index is 12.7. The van der Waals surface area contributed by atoms with Crippen LogP contribution < -0.4 is 10.1 Å². The number of hydrogen-bond acceptors (Lipinski definition) is 3. The maximum Gasteiger partial charge on any atom is 0.322 e. The van der Waals surface area contributed by atoms with Gasteiger partial charge in [-0.15, -0.1) is 0 Å². The Kier molecular flexibility index (Phi) is 5.31. The van der Waals surface area contributed by atoms with Gasteiger partial charge in [0.25, 0.3) is 0 Å². The molecule has 0 bridgehead atoms. The first-order valence-corrected chi connectivity index (χ1v) is 8.49. The molecule has 5 nitrogen and oxygen atoms in total. The van der Waals surface area contributed by atoms with E-state index in [-0.39, 0.29) is 12.1 Å². The molecule has 0 aliphatic carbocycles. The molecule has 24 heavy (non-hydrogen) atoms. The molecule has 1 fully saturated rings. The summed E-state index contributed by atoms with van der Waals surface area (Å²) in [6.07, 6.45) is 4.88. The number of piperidine rings is 1. The predicted molar refractivity (Wildman–Crippen MR) is 94.2 cm³/mol. The minimum atomic E-state index is -0.0745. The number of rotatable bonds is 4. The topological polar surface area (TPSA) is 54.5 Å². The van der Waals surface area contributed by atoms with Gasteiger partial charge in [-0.05, 0) is 62.6 Å². The number of likely N-dealkylation sites (tertiary alicyclic amines) is 1. The Bertz CT molecular complexity index is 658. The number of nitrogens with one attached hydrogen (secondary N) is 1. The molecule has 0 saturated carbocycles. The van der Waals surface area contributed by atoms with Gasteiger partial charge in [0.05, 0.1) is 18.3 Å². The van der Waals surface area contributed by atoms with Crippen LogP contribution in [0.4, 0.5) is 10.5 Å². The minimum absolute atomic E-state index is 0.0441. The number of aromatic nitrogens is 1. The number of urea groups is 1. The van der Waals surface area contributed by atoms with E-state index in [1.807, 2.05) is 54.3 Å². The zero-order valence-electron chi connectivity index (χ0n) is 13.9. The largest absolute Gasteiger partial charge is 0.494 e. The summed E-state index contributed by atoms with van der Waals surface area (Å²) in [7, 11) is 0. The highest BCUT2D eigenvalue weighted by Gasteiger charge is 2.28. The van der Waals surface area contributed by atoms with Gasteiger partial charge in [-0.3, -0.25) is 4.98 Å². The average Bonchev–Trinajstić information content (AvgIpc) is 2.64.